The Kier molecular flexibility index (Phi) is 6.49. The molecule has 0 aliphatic heterocycles. The molecule has 0 saturated heterocycles. The minimum absolute atomic E-state index is 0.0805. The number of benzene rings is 1. The van der Waals surface area contributed by atoms with Crippen LogP contribution in [-0.2, 0) is 21.2 Å². The number of phenolic OH excluding ortho intramolecular Hbond substituents is 1. The molecule has 5 N–H and O–H groups in total. The van der Waals surface area contributed by atoms with Crippen LogP contribution in [0.25, 0.3) is 0 Å². The van der Waals surface area contributed by atoms with Gasteiger partial charge in [0.15, 0.2) is 12.6 Å². The maximum absolute atomic E-state index is 12.2. The van der Waals surface area contributed by atoms with E-state index < -0.39 is 36.5 Å². The van der Waals surface area contributed by atoms with Gasteiger partial charge in [-0.25, -0.2) is 9.90 Å². The van der Waals surface area contributed by atoms with Gasteiger partial charge in [0.05, 0.1) is 6.10 Å². The van der Waals surface area contributed by atoms with Crippen LogP contribution < -0.4 is 10.6 Å². The number of aliphatic hydroxyl groups is 1. The molecule has 125 valence electrons. The second-order valence-electron chi connectivity index (χ2n) is 4.79. The summed E-state index contributed by atoms with van der Waals surface area (Å²) in [5.41, 5.74) is 0.194. The number of carboxylic acids is 1. The van der Waals surface area contributed by atoms with Gasteiger partial charge in [-0.15, -0.1) is 0 Å². The van der Waals surface area contributed by atoms with Crippen molar-refractivity contribution < 1.29 is 34.8 Å². The third-order valence-corrected chi connectivity index (χ3v) is 2.98. The van der Waals surface area contributed by atoms with Gasteiger partial charge in [-0.1, -0.05) is 6.07 Å². The first kappa shape index (κ1) is 18.4. The van der Waals surface area contributed by atoms with E-state index in [9.17, 15) is 29.7 Å². The Morgan fingerprint density at radius 1 is 1.26 bits per heavy atom. The number of carbonyl (C=O) groups excluding carboxylic acids is 2. The number of hydrogen-bond donors (Lipinski definition) is 5. The third kappa shape index (κ3) is 5.24. The van der Waals surface area contributed by atoms with Gasteiger partial charge in [0, 0.05) is 12.1 Å². The lowest BCUT2D eigenvalue weighted by Crippen LogP contribution is -2.47. The first-order valence-corrected chi connectivity index (χ1v) is 6.64. The molecule has 1 aromatic carbocycles. The third-order valence-electron chi connectivity index (χ3n) is 2.98. The standard InChI is InChI=1S/C14H17N2O7/c1-7(18)12(14(22)23)16-13(21)10-4-9(19)3-2-8(10)5-15-11(20)6-17/h2-4,7,12,18-19H,5-6H2,1H3,(H,15,20)(H,16,21)(H,22,23). The van der Waals surface area contributed by atoms with Crippen LogP contribution in [0.2, 0.25) is 0 Å². The van der Waals surface area contributed by atoms with E-state index in [1.165, 1.54) is 19.1 Å². The minimum atomic E-state index is -1.53. The second kappa shape index (κ2) is 8.11. The highest BCUT2D eigenvalue weighted by Gasteiger charge is 2.26. The number of aliphatic hydroxyl groups excluding tert-OH is 1. The van der Waals surface area contributed by atoms with Crippen molar-refractivity contribution in [2.75, 3.05) is 6.61 Å². The number of carbonyl (C=O) groups is 3. The van der Waals surface area contributed by atoms with Crippen molar-refractivity contribution in [3.05, 3.63) is 29.3 Å². The molecule has 1 radical (unpaired) electrons. The fourth-order valence-electron chi connectivity index (χ4n) is 1.78. The van der Waals surface area contributed by atoms with Crippen molar-refractivity contribution in [1.82, 2.24) is 10.6 Å². The maximum atomic E-state index is 12.2. The summed E-state index contributed by atoms with van der Waals surface area (Å²) in [6.45, 7) is 0.0934. The maximum Gasteiger partial charge on any atom is 0.328 e. The molecule has 1 aromatic rings. The summed E-state index contributed by atoms with van der Waals surface area (Å²) in [6, 6.07) is 2.19. The van der Waals surface area contributed by atoms with Crippen LogP contribution in [0.5, 0.6) is 5.75 Å². The lowest BCUT2D eigenvalue weighted by Gasteiger charge is -2.18. The van der Waals surface area contributed by atoms with E-state index in [1.807, 2.05) is 0 Å². The van der Waals surface area contributed by atoms with Crippen LogP contribution in [0.15, 0.2) is 18.2 Å². The fraction of sp³-hybridized carbons (Fsp3) is 0.357. The van der Waals surface area contributed by atoms with Crippen LogP contribution >= 0.6 is 0 Å². The molecule has 0 bridgehead atoms. The second-order valence-corrected chi connectivity index (χ2v) is 4.79. The molecule has 2 amide bonds. The van der Waals surface area contributed by atoms with E-state index in [4.69, 9.17) is 5.11 Å². The molecule has 0 heterocycles. The van der Waals surface area contributed by atoms with Crippen molar-refractivity contribution >= 4 is 17.8 Å². The number of phenols is 1. The smallest absolute Gasteiger partial charge is 0.328 e. The van der Waals surface area contributed by atoms with E-state index in [1.54, 1.807) is 0 Å². The molecule has 0 spiro atoms. The highest BCUT2D eigenvalue weighted by Crippen LogP contribution is 2.17. The largest absolute Gasteiger partial charge is 0.508 e. The van der Waals surface area contributed by atoms with Gasteiger partial charge >= 0.3 is 5.97 Å². The van der Waals surface area contributed by atoms with Crippen molar-refractivity contribution in [2.45, 2.75) is 25.6 Å². The van der Waals surface area contributed by atoms with E-state index in [-0.39, 0.29) is 23.4 Å². The number of carboxylic acid groups (broad SMARTS) is 1. The van der Waals surface area contributed by atoms with E-state index in [0.717, 1.165) is 6.07 Å². The first-order chi connectivity index (χ1) is 10.8. The van der Waals surface area contributed by atoms with Crippen molar-refractivity contribution in [1.29, 1.82) is 0 Å². The van der Waals surface area contributed by atoms with Crippen LogP contribution in [0.4, 0.5) is 0 Å². The summed E-state index contributed by atoms with van der Waals surface area (Å²) < 4.78 is 0. The molecule has 2 unspecified atom stereocenters. The van der Waals surface area contributed by atoms with Gasteiger partial charge in [0.25, 0.3) is 5.91 Å². The van der Waals surface area contributed by atoms with E-state index in [0.29, 0.717) is 0 Å². The average molecular weight is 325 g/mol. The molecule has 1 rings (SSSR count). The molecular formula is C14H17N2O7. The van der Waals surface area contributed by atoms with Gasteiger partial charge in [-0.3, -0.25) is 9.59 Å². The highest BCUT2D eigenvalue weighted by molar-refractivity contribution is 5.98. The van der Waals surface area contributed by atoms with Gasteiger partial charge < -0.3 is 26.0 Å². The SMILES string of the molecule is CC(O)C(NC(=O)c1cc(O)ccc1CNC(=O)C[O])C(=O)O. The van der Waals surface area contributed by atoms with Crippen molar-refractivity contribution in [3.8, 4) is 5.75 Å². The Hall–Kier alpha value is -2.65. The van der Waals surface area contributed by atoms with Gasteiger partial charge in [0.2, 0.25) is 5.91 Å². The molecule has 23 heavy (non-hydrogen) atoms. The first-order valence-electron chi connectivity index (χ1n) is 6.64. The van der Waals surface area contributed by atoms with E-state index in [2.05, 4.69) is 10.6 Å². The van der Waals surface area contributed by atoms with Crippen LogP contribution in [0, 0.1) is 0 Å². The highest BCUT2D eigenvalue weighted by atomic mass is 16.4. The van der Waals surface area contributed by atoms with Crippen molar-refractivity contribution in [2.24, 2.45) is 0 Å². The summed E-state index contributed by atoms with van der Waals surface area (Å²) in [6.07, 6.45) is -1.34. The fourth-order valence-corrected chi connectivity index (χ4v) is 1.78. The Labute approximate surface area is 131 Å². The van der Waals surface area contributed by atoms with Gasteiger partial charge in [-0.2, -0.15) is 0 Å². The lowest BCUT2D eigenvalue weighted by molar-refractivity contribution is -0.141. The zero-order chi connectivity index (χ0) is 17.6. The molecule has 0 saturated carbocycles. The average Bonchev–Trinajstić information content (AvgIpc) is 2.49. The van der Waals surface area contributed by atoms with Gasteiger partial charge in [-0.05, 0) is 24.6 Å². The van der Waals surface area contributed by atoms with Crippen molar-refractivity contribution in [3.63, 3.8) is 0 Å². The monoisotopic (exact) mass is 325 g/mol. The molecule has 0 fully saturated rings. The molecule has 9 heteroatoms. The Morgan fingerprint density at radius 2 is 1.91 bits per heavy atom. The molecule has 2 atom stereocenters. The summed E-state index contributed by atoms with van der Waals surface area (Å²) in [5.74, 6) is -3.27. The van der Waals surface area contributed by atoms with E-state index >= 15 is 0 Å². The summed E-state index contributed by atoms with van der Waals surface area (Å²) in [4.78, 5) is 34.2. The summed E-state index contributed by atoms with van der Waals surface area (Å²) in [5, 5.41) is 42.6. The predicted molar refractivity (Wildman–Crippen MR) is 76.1 cm³/mol. The number of hydrogen-bond acceptors (Lipinski definition) is 5. The normalized spacial score (nSPS) is 13.0. The summed E-state index contributed by atoms with van der Waals surface area (Å²) in [7, 11) is 0. The number of aromatic hydroxyl groups is 1. The predicted octanol–water partition coefficient (Wildman–Crippen LogP) is -0.997. The van der Waals surface area contributed by atoms with Crippen LogP contribution in [0.3, 0.4) is 0 Å². The zero-order valence-corrected chi connectivity index (χ0v) is 12.3. The van der Waals surface area contributed by atoms with Crippen LogP contribution in [-0.4, -0.2) is 51.9 Å². The number of aliphatic carboxylic acids is 1. The molecule has 9 nitrogen and oxygen atoms in total. The molecular weight excluding hydrogens is 308 g/mol. The molecule has 0 aliphatic carbocycles. The summed E-state index contributed by atoms with van der Waals surface area (Å²) >= 11 is 0. The van der Waals surface area contributed by atoms with Crippen LogP contribution in [0.1, 0.15) is 22.8 Å². The number of nitrogens with one attached hydrogen (secondary N) is 2. The number of rotatable bonds is 7. The minimum Gasteiger partial charge on any atom is -0.508 e. The topological polar surface area (TPSA) is 156 Å². The molecule has 0 aromatic heterocycles. The lowest BCUT2D eigenvalue weighted by atomic mass is 10.0. The number of amides is 2. The Morgan fingerprint density at radius 3 is 2.43 bits per heavy atom. The van der Waals surface area contributed by atoms with Gasteiger partial charge in [0.1, 0.15) is 5.75 Å². The Balaban J connectivity index is 3.00. The quantitative estimate of drug-likeness (QED) is 0.433. The Bertz CT molecular complexity index is 601. The zero-order valence-electron chi connectivity index (χ0n) is 12.3. The molecule has 0 aliphatic rings.